The first-order valence-corrected chi connectivity index (χ1v) is 7.48. The van der Waals surface area contributed by atoms with Gasteiger partial charge in [-0.2, -0.15) is 0 Å². The Morgan fingerprint density at radius 3 is 2.81 bits per heavy atom. The molecule has 0 radical (unpaired) electrons. The number of ether oxygens (including phenoxy) is 1. The summed E-state index contributed by atoms with van der Waals surface area (Å²) in [5.74, 6) is 1.08. The van der Waals surface area contributed by atoms with Gasteiger partial charge in [-0.15, -0.1) is 0 Å². The molecule has 0 unspecified atom stereocenters. The molecule has 4 heteroatoms. The summed E-state index contributed by atoms with van der Waals surface area (Å²) in [7, 11) is 1.69. The number of benzene rings is 1. The van der Waals surface area contributed by atoms with Crippen LogP contribution in [-0.4, -0.2) is 55.5 Å². The van der Waals surface area contributed by atoms with Crippen molar-refractivity contribution in [1.29, 1.82) is 0 Å². The molecule has 0 saturated carbocycles. The van der Waals surface area contributed by atoms with E-state index < -0.39 is 0 Å². The quantitative estimate of drug-likeness (QED) is 0.852. The predicted octanol–water partition coefficient (Wildman–Crippen LogP) is 2.26. The van der Waals surface area contributed by atoms with E-state index in [1.807, 2.05) is 23.1 Å². The SMILES string of the molecule is COc1ccccc1C=CCN1CCCN(C(C)=O)CC1. The van der Waals surface area contributed by atoms with Crippen molar-refractivity contribution in [1.82, 2.24) is 9.80 Å². The van der Waals surface area contributed by atoms with Crippen molar-refractivity contribution in [2.24, 2.45) is 0 Å². The van der Waals surface area contributed by atoms with Gasteiger partial charge >= 0.3 is 0 Å². The van der Waals surface area contributed by atoms with Crippen LogP contribution in [0.2, 0.25) is 0 Å². The van der Waals surface area contributed by atoms with E-state index in [-0.39, 0.29) is 5.91 Å². The van der Waals surface area contributed by atoms with Gasteiger partial charge in [-0.1, -0.05) is 30.4 Å². The molecule has 1 amide bonds. The fourth-order valence-electron chi connectivity index (χ4n) is 2.60. The number of carbonyl (C=O) groups is 1. The zero-order chi connectivity index (χ0) is 15.1. The molecule has 21 heavy (non-hydrogen) atoms. The van der Waals surface area contributed by atoms with E-state index in [4.69, 9.17) is 4.74 Å². The minimum atomic E-state index is 0.182. The number of amides is 1. The third-order valence-electron chi connectivity index (χ3n) is 3.83. The van der Waals surface area contributed by atoms with Crippen molar-refractivity contribution in [2.75, 3.05) is 39.8 Å². The van der Waals surface area contributed by atoms with Crippen molar-refractivity contribution in [2.45, 2.75) is 13.3 Å². The monoisotopic (exact) mass is 288 g/mol. The summed E-state index contributed by atoms with van der Waals surface area (Å²) in [4.78, 5) is 15.7. The van der Waals surface area contributed by atoms with Crippen LogP contribution >= 0.6 is 0 Å². The van der Waals surface area contributed by atoms with E-state index in [1.165, 1.54) is 0 Å². The molecule has 1 aliphatic heterocycles. The maximum Gasteiger partial charge on any atom is 0.219 e. The molecule has 0 spiro atoms. The van der Waals surface area contributed by atoms with Gasteiger partial charge in [0, 0.05) is 45.2 Å². The number of hydrogen-bond acceptors (Lipinski definition) is 3. The van der Waals surface area contributed by atoms with E-state index in [1.54, 1.807) is 14.0 Å². The molecule has 114 valence electrons. The highest BCUT2D eigenvalue weighted by molar-refractivity contribution is 5.73. The minimum absolute atomic E-state index is 0.182. The lowest BCUT2D eigenvalue weighted by molar-refractivity contribution is -0.128. The van der Waals surface area contributed by atoms with Crippen LogP contribution in [0.1, 0.15) is 18.9 Å². The summed E-state index contributed by atoms with van der Waals surface area (Å²) in [6.45, 7) is 6.25. The first-order chi connectivity index (χ1) is 10.2. The minimum Gasteiger partial charge on any atom is -0.496 e. The van der Waals surface area contributed by atoms with Gasteiger partial charge in [0.05, 0.1) is 7.11 Å². The van der Waals surface area contributed by atoms with Crippen LogP contribution in [0.3, 0.4) is 0 Å². The Kier molecular flexibility index (Phi) is 5.81. The second kappa shape index (κ2) is 7.84. The Labute approximate surface area is 127 Å². The fourth-order valence-corrected chi connectivity index (χ4v) is 2.60. The van der Waals surface area contributed by atoms with Gasteiger partial charge in [0.2, 0.25) is 5.91 Å². The summed E-state index contributed by atoms with van der Waals surface area (Å²) in [6.07, 6.45) is 5.32. The topological polar surface area (TPSA) is 32.8 Å². The largest absolute Gasteiger partial charge is 0.496 e. The molecule has 1 aromatic carbocycles. The molecule has 4 nitrogen and oxygen atoms in total. The van der Waals surface area contributed by atoms with Crippen molar-refractivity contribution < 1.29 is 9.53 Å². The standard InChI is InChI=1S/C17H24N2O2/c1-15(20)19-12-6-11-18(13-14-19)10-5-8-16-7-3-4-9-17(16)21-2/h3-5,7-9H,6,10-14H2,1-2H3. The second-order valence-corrected chi connectivity index (χ2v) is 5.30. The summed E-state index contributed by atoms with van der Waals surface area (Å²) in [5.41, 5.74) is 1.10. The van der Waals surface area contributed by atoms with Crippen molar-refractivity contribution in [3.05, 3.63) is 35.9 Å². The second-order valence-electron chi connectivity index (χ2n) is 5.30. The molecule has 0 bridgehead atoms. The number of nitrogens with zero attached hydrogens (tertiary/aromatic N) is 2. The Bertz CT molecular complexity index is 499. The van der Waals surface area contributed by atoms with Crippen LogP contribution in [0, 0.1) is 0 Å². The highest BCUT2D eigenvalue weighted by Gasteiger charge is 2.15. The molecule has 0 atom stereocenters. The first kappa shape index (κ1) is 15.6. The third-order valence-corrected chi connectivity index (χ3v) is 3.83. The molecular weight excluding hydrogens is 264 g/mol. The lowest BCUT2D eigenvalue weighted by Crippen LogP contribution is -2.33. The Morgan fingerprint density at radius 2 is 2.05 bits per heavy atom. The summed E-state index contributed by atoms with van der Waals surface area (Å²) < 4.78 is 5.34. The fraction of sp³-hybridized carbons (Fsp3) is 0.471. The molecule has 0 aliphatic carbocycles. The molecular formula is C17H24N2O2. The van der Waals surface area contributed by atoms with E-state index in [9.17, 15) is 4.79 Å². The van der Waals surface area contributed by atoms with E-state index >= 15 is 0 Å². The van der Waals surface area contributed by atoms with Gasteiger partial charge in [0.15, 0.2) is 0 Å². The Morgan fingerprint density at radius 1 is 1.24 bits per heavy atom. The van der Waals surface area contributed by atoms with Crippen LogP contribution in [0.5, 0.6) is 5.75 Å². The molecule has 1 aromatic rings. The number of carbonyl (C=O) groups excluding carboxylic acids is 1. The van der Waals surface area contributed by atoms with Crippen molar-refractivity contribution in [3.8, 4) is 5.75 Å². The molecule has 1 saturated heterocycles. The summed E-state index contributed by atoms with van der Waals surface area (Å²) >= 11 is 0. The summed E-state index contributed by atoms with van der Waals surface area (Å²) in [5, 5.41) is 0. The molecule has 0 aromatic heterocycles. The van der Waals surface area contributed by atoms with Gasteiger partial charge in [0.25, 0.3) is 0 Å². The number of methoxy groups -OCH3 is 1. The third kappa shape index (κ3) is 4.60. The molecule has 0 N–H and O–H groups in total. The van der Waals surface area contributed by atoms with Crippen molar-refractivity contribution >= 4 is 12.0 Å². The van der Waals surface area contributed by atoms with E-state index in [0.29, 0.717) is 0 Å². The summed E-state index contributed by atoms with van der Waals surface area (Å²) in [6, 6.07) is 8.01. The van der Waals surface area contributed by atoms with Crippen LogP contribution in [0.15, 0.2) is 30.3 Å². The Hall–Kier alpha value is -1.81. The number of hydrogen-bond donors (Lipinski definition) is 0. The molecule has 1 heterocycles. The van der Waals surface area contributed by atoms with Gasteiger partial charge in [-0.25, -0.2) is 0 Å². The van der Waals surface area contributed by atoms with E-state index in [0.717, 1.165) is 50.5 Å². The van der Waals surface area contributed by atoms with Gasteiger partial charge in [0.1, 0.15) is 5.75 Å². The average Bonchev–Trinajstić information content (AvgIpc) is 2.73. The lowest BCUT2D eigenvalue weighted by Gasteiger charge is -2.19. The van der Waals surface area contributed by atoms with E-state index in [2.05, 4.69) is 23.1 Å². The Balaban J connectivity index is 1.88. The molecule has 2 rings (SSSR count). The average molecular weight is 288 g/mol. The van der Waals surface area contributed by atoms with Gasteiger partial charge < -0.3 is 9.64 Å². The molecule has 1 fully saturated rings. The highest BCUT2D eigenvalue weighted by Crippen LogP contribution is 2.18. The first-order valence-electron chi connectivity index (χ1n) is 7.48. The zero-order valence-corrected chi connectivity index (χ0v) is 12.9. The zero-order valence-electron chi connectivity index (χ0n) is 12.9. The van der Waals surface area contributed by atoms with Gasteiger partial charge in [-0.3, -0.25) is 9.69 Å². The lowest BCUT2D eigenvalue weighted by atomic mass is 10.2. The van der Waals surface area contributed by atoms with Crippen LogP contribution in [0.4, 0.5) is 0 Å². The normalized spacial score (nSPS) is 17.0. The van der Waals surface area contributed by atoms with Crippen LogP contribution < -0.4 is 4.74 Å². The molecule has 1 aliphatic rings. The maximum absolute atomic E-state index is 11.4. The van der Waals surface area contributed by atoms with Gasteiger partial charge in [-0.05, 0) is 12.5 Å². The smallest absolute Gasteiger partial charge is 0.219 e. The highest BCUT2D eigenvalue weighted by atomic mass is 16.5. The number of rotatable bonds is 4. The maximum atomic E-state index is 11.4. The predicted molar refractivity (Wildman–Crippen MR) is 85.3 cm³/mol. The van der Waals surface area contributed by atoms with Crippen molar-refractivity contribution in [3.63, 3.8) is 0 Å². The van der Waals surface area contributed by atoms with Crippen LogP contribution in [-0.2, 0) is 4.79 Å². The van der Waals surface area contributed by atoms with Crippen LogP contribution in [0.25, 0.3) is 6.08 Å². The number of para-hydroxylation sites is 1.